The Morgan fingerprint density at radius 3 is 2.79 bits per heavy atom. The first-order valence-electron chi connectivity index (χ1n) is 9.52. The summed E-state index contributed by atoms with van der Waals surface area (Å²) >= 11 is 0. The Bertz CT molecular complexity index is 730. The number of fused-ring (bicyclic) bond motifs is 1. The summed E-state index contributed by atoms with van der Waals surface area (Å²) in [7, 11) is 0. The zero-order valence-electron chi connectivity index (χ0n) is 14.6. The van der Waals surface area contributed by atoms with Crippen LogP contribution in [0.5, 0.6) is 0 Å². The number of hydrogen-bond donors (Lipinski definition) is 0. The molecule has 2 aromatic rings. The van der Waals surface area contributed by atoms with Gasteiger partial charge in [-0.05, 0) is 31.4 Å². The van der Waals surface area contributed by atoms with Gasteiger partial charge < -0.3 is 9.47 Å². The van der Waals surface area contributed by atoms with Gasteiger partial charge in [0.15, 0.2) is 0 Å². The molecule has 1 saturated heterocycles. The number of amides is 1. The fourth-order valence-electron chi connectivity index (χ4n) is 4.43. The Kier molecular flexibility index (Phi) is 4.30. The molecule has 128 valence electrons. The number of para-hydroxylation sites is 2. The van der Waals surface area contributed by atoms with Crippen LogP contribution in [0.15, 0.2) is 24.3 Å². The summed E-state index contributed by atoms with van der Waals surface area (Å²) in [5.74, 6) is 1.71. The van der Waals surface area contributed by atoms with Crippen molar-refractivity contribution in [3.63, 3.8) is 0 Å². The number of unbranched alkanes of at least 4 members (excludes halogenated alkanes) is 1. The first-order valence-corrected chi connectivity index (χ1v) is 9.52. The molecule has 1 saturated carbocycles. The third kappa shape index (κ3) is 2.72. The molecular weight excluding hydrogens is 298 g/mol. The van der Waals surface area contributed by atoms with Crippen LogP contribution in [0.3, 0.4) is 0 Å². The highest BCUT2D eigenvalue weighted by molar-refractivity contribution is 5.81. The Morgan fingerprint density at radius 1 is 1.21 bits per heavy atom. The molecular formula is C20H27N3O. The van der Waals surface area contributed by atoms with Crippen LogP contribution in [0.1, 0.15) is 63.6 Å². The predicted octanol–water partition coefficient (Wildman–Crippen LogP) is 4.09. The predicted molar refractivity (Wildman–Crippen MR) is 96.0 cm³/mol. The maximum absolute atomic E-state index is 12.6. The zero-order chi connectivity index (χ0) is 16.5. The molecule has 2 fully saturated rings. The molecule has 0 bridgehead atoms. The van der Waals surface area contributed by atoms with E-state index in [9.17, 15) is 4.79 Å². The van der Waals surface area contributed by atoms with Gasteiger partial charge in [0, 0.05) is 31.5 Å². The summed E-state index contributed by atoms with van der Waals surface area (Å²) < 4.78 is 2.37. The second kappa shape index (κ2) is 6.58. The van der Waals surface area contributed by atoms with Crippen LogP contribution in [0.2, 0.25) is 0 Å². The van der Waals surface area contributed by atoms with Crippen LogP contribution >= 0.6 is 0 Å². The van der Waals surface area contributed by atoms with E-state index in [4.69, 9.17) is 4.98 Å². The van der Waals surface area contributed by atoms with E-state index in [1.807, 2.05) is 6.07 Å². The first kappa shape index (κ1) is 15.7. The molecule has 0 radical (unpaired) electrons. The molecule has 1 amide bonds. The molecule has 2 heterocycles. The van der Waals surface area contributed by atoms with Crippen molar-refractivity contribution in [1.29, 1.82) is 0 Å². The van der Waals surface area contributed by atoms with E-state index in [1.54, 1.807) is 0 Å². The second-order valence-corrected chi connectivity index (χ2v) is 7.35. The molecule has 1 unspecified atom stereocenters. The first-order chi connectivity index (χ1) is 11.8. The quantitative estimate of drug-likeness (QED) is 0.830. The molecule has 0 N–H and O–H groups in total. The standard InChI is InChI=1S/C20H27N3O/c1-2-3-12-22-18-11-7-6-10-17(18)21-20(22)15-13-19(24)23(14-15)16-8-4-5-9-16/h6-7,10-11,15-16H,2-5,8-9,12-14H2,1H3. The molecule has 0 spiro atoms. The van der Waals surface area contributed by atoms with E-state index < -0.39 is 0 Å². The normalized spacial score (nSPS) is 22.1. The number of hydrogen-bond acceptors (Lipinski definition) is 2. The number of likely N-dealkylation sites (tertiary alicyclic amines) is 1. The van der Waals surface area contributed by atoms with Gasteiger partial charge in [-0.3, -0.25) is 4.79 Å². The summed E-state index contributed by atoms with van der Waals surface area (Å²) in [4.78, 5) is 19.7. The van der Waals surface area contributed by atoms with Gasteiger partial charge in [0.1, 0.15) is 5.82 Å². The Hall–Kier alpha value is -1.84. The summed E-state index contributed by atoms with van der Waals surface area (Å²) in [5.41, 5.74) is 2.28. The van der Waals surface area contributed by atoms with Gasteiger partial charge in [0.05, 0.1) is 11.0 Å². The Balaban J connectivity index is 1.64. The molecule has 4 rings (SSSR count). The van der Waals surface area contributed by atoms with Crippen LogP contribution < -0.4 is 0 Å². The van der Waals surface area contributed by atoms with Crippen LogP contribution in [-0.2, 0) is 11.3 Å². The van der Waals surface area contributed by atoms with Crippen molar-refractivity contribution in [1.82, 2.24) is 14.5 Å². The highest BCUT2D eigenvalue weighted by Crippen LogP contribution is 2.35. The summed E-state index contributed by atoms with van der Waals surface area (Å²) in [5, 5.41) is 0. The molecule has 1 aromatic carbocycles. The average molecular weight is 325 g/mol. The molecule has 1 aromatic heterocycles. The van der Waals surface area contributed by atoms with E-state index >= 15 is 0 Å². The van der Waals surface area contributed by atoms with E-state index in [0.717, 1.165) is 30.9 Å². The lowest BCUT2D eigenvalue weighted by Crippen LogP contribution is -2.34. The van der Waals surface area contributed by atoms with Crippen molar-refractivity contribution in [2.45, 2.75) is 70.4 Å². The van der Waals surface area contributed by atoms with Crippen molar-refractivity contribution in [2.24, 2.45) is 0 Å². The maximum atomic E-state index is 12.6. The van der Waals surface area contributed by atoms with Gasteiger partial charge in [-0.1, -0.05) is 38.3 Å². The van der Waals surface area contributed by atoms with Gasteiger partial charge in [0.2, 0.25) is 5.91 Å². The van der Waals surface area contributed by atoms with Crippen LogP contribution in [0.4, 0.5) is 0 Å². The van der Waals surface area contributed by atoms with Gasteiger partial charge >= 0.3 is 0 Å². The number of rotatable bonds is 5. The minimum absolute atomic E-state index is 0.252. The van der Waals surface area contributed by atoms with Gasteiger partial charge in [-0.25, -0.2) is 4.98 Å². The fraction of sp³-hybridized carbons (Fsp3) is 0.600. The molecule has 2 aliphatic rings. The molecule has 1 atom stereocenters. The molecule has 24 heavy (non-hydrogen) atoms. The Labute approximate surface area is 143 Å². The van der Waals surface area contributed by atoms with Crippen molar-refractivity contribution < 1.29 is 4.79 Å². The third-order valence-corrected chi connectivity index (χ3v) is 5.71. The van der Waals surface area contributed by atoms with Crippen molar-refractivity contribution in [3.05, 3.63) is 30.1 Å². The molecule has 1 aliphatic heterocycles. The topological polar surface area (TPSA) is 38.1 Å². The third-order valence-electron chi connectivity index (χ3n) is 5.71. The van der Waals surface area contributed by atoms with Crippen LogP contribution in [0, 0.1) is 0 Å². The number of carbonyl (C=O) groups excluding carboxylic acids is 1. The van der Waals surface area contributed by atoms with E-state index in [-0.39, 0.29) is 5.92 Å². The van der Waals surface area contributed by atoms with E-state index in [1.165, 1.54) is 37.6 Å². The van der Waals surface area contributed by atoms with E-state index in [2.05, 4.69) is 34.6 Å². The lowest BCUT2D eigenvalue weighted by Gasteiger charge is -2.24. The maximum Gasteiger partial charge on any atom is 0.223 e. The number of nitrogens with zero attached hydrogens (tertiary/aromatic N) is 3. The second-order valence-electron chi connectivity index (χ2n) is 7.35. The van der Waals surface area contributed by atoms with Gasteiger partial charge in [-0.2, -0.15) is 0 Å². The lowest BCUT2D eigenvalue weighted by atomic mass is 10.1. The molecule has 4 nitrogen and oxygen atoms in total. The van der Waals surface area contributed by atoms with Gasteiger partial charge in [-0.15, -0.1) is 0 Å². The number of imidazole rings is 1. The smallest absolute Gasteiger partial charge is 0.223 e. The monoisotopic (exact) mass is 325 g/mol. The summed E-state index contributed by atoms with van der Waals surface area (Å²) in [6.45, 7) is 4.08. The molecule has 1 aliphatic carbocycles. The minimum Gasteiger partial charge on any atom is -0.339 e. The van der Waals surface area contributed by atoms with Crippen molar-refractivity contribution in [3.8, 4) is 0 Å². The fourth-order valence-corrected chi connectivity index (χ4v) is 4.43. The van der Waals surface area contributed by atoms with Gasteiger partial charge in [0.25, 0.3) is 0 Å². The van der Waals surface area contributed by atoms with Crippen LogP contribution in [-0.4, -0.2) is 32.9 Å². The number of carbonyl (C=O) groups is 1. The Morgan fingerprint density at radius 2 is 2.00 bits per heavy atom. The highest BCUT2D eigenvalue weighted by Gasteiger charge is 2.38. The number of aromatic nitrogens is 2. The van der Waals surface area contributed by atoms with Crippen molar-refractivity contribution >= 4 is 16.9 Å². The summed E-state index contributed by atoms with van der Waals surface area (Å²) in [6, 6.07) is 8.87. The summed E-state index contributed by atoms with van der Waals surface area (Å²) in [6.07, 6.45) is 7.87. The number of aryl methyl sites for hydroxylation is 1. The van der Waals surface area contributed by atoms with Crippen LogP contribution in [0.25, 0.3) is 11.0 Å². The average Bonchev–Trinajstić information content (AvgIpc) is 3.30. The lowest BCUT2D eigenvalue weighted by molar-refractivity contribution is -0.129. The zero-order valence-corrected chi connectivity index (χ0v) is 14.6. The molecule has 4 heteroatoms. The SMILES string of the molecule is CCCCn1c(C2CC(=O)N(C3CCCC3)C2)nc2ccccc21. The highest BCUT2D eigenvalue weighted by atomic mass is 16.2. The van der Waals surface area contributed by atoms with E-state index in [0.29, 0.717) is 18.4 Å². The number of benzene rings is 1. The van der Waals surface area contributed by atoms with Crippen molar-refractivity contribution in [2.75, 3.05) is 6.54 Å². The minimum atomic E-state index is 0.252. The largest absolute Gasteiger partial charge is 0.339 e.